The van der Waals surface area contributed by atoms with Crippen LogP contribution in [0.5, 0.6) is 0 Å². The number of hydrogen-bond donors (Lipinski definition) is 3. The average molecular weight is 436 g/mol. The van der Waals surface area contributed by atoms with Crippen molar-refractivity contribution in [3.8, 4) is 0 Å². The zero-order valence-electron chi connectivity index (χ0n) is 14.3. The Hall–Kier alpha value is -1.65. The molecule has 10 heteroatoms. The van der Waals surface area contributed by atoms with E-state index >= 15 is 0 Å². The summed E-state index contributed by atoms with van der Waals surface area (Å²) in [5.41, 5.74) is -0.457. The van der Waals surface area contributed by atoms with Crippen molar-refractivity contribution < 1.29 is 31.8 Å². The summed E-state index contributed by atoms with van der Waals surface area (Å²) in [4.78, 5) is -0.0864. The van der Waals surface area contributed by atoms with Gasteiger partial charge in [-0.1, -0.05) is 23.7 Å². The number of nitrogens with one attached hydrogen (secondary N) is 1. The Balaban J connectivity index is 1.88. The average Bonchev–Trinajstić information content (AvgIpc) is 2.89. The van der Waals surface area contributed by atoms with Gasteiger partial charge in [-0.3, -0.25) is 0 Å². The molecule has 0 heterocycles. The van der Waals surface area contributed by atoms with E-state index in [1.807, 2.05) is 0 Å². The number of halogens is 4. The second-order valence-electron chi connectivity index (χ2n) is 6.62. The van der Waals surface area contributed by atoms with Crippen LogP contribution in [0.1, 0.15) is 23.5 Å². The van der Waals surface area contributed by atoms with Crippen LogP contribution in [0.4, 0.5) is 13.2 Å². The fourth-order valence-electron chi connectivity index (χ4n) is 3.30. The van der Waals surface area contributed by atoms with Crippen molar-refractivity contribution in [2.45, 2.75) is 41.7 Å². The maximum Gasteiger partial charge on any atom is 0.416 e. The Kier molecular flexibility index (Phi) is 5.75. The lowest BCUT2D eigenvalue weighted by Crippen LogP contribution is -2.45. The molecule has 28 heavy (non-hydrogen) atoms. The summed E-state index contributed by atoms with van der Waals surface area (Å²) in [6.07, 6.45) is -7.12. The summed E-state index contributed by atoms with van der Waals surface area (Å²) < 4.78 is 65.9. The first-order valence-corrected chi connectivity index (χ1v) is 10.2. The number of hydrogen-bond acceptors (Lipinski definition) is 4. The fraction of sp³-hybridized carbons (Fsp3) is 0.333. The van der Waals surface area contributed by atoms with Crippen LogP contribution in [-0.4, -0.2) is 36.9 Å². The molecule has 0 radical (unpaired) electrons. The van der Waals surface area contributed by atoms with Crippen molar-refractivity contribution in [3.05, 3.63) is 64.7 Å². The molecule has 0 aliphatic heterocycles. The summed E-state index contributed by atoms with van der Waals surface area (Å²) in [6.45, 7) is 0. The van der Waals surface area contributed by atoms with Crippen molar-refractivity contribution in [1.82, 2.24) is 4.72 Å². The van der Waals surface area contributed by atoms with E-state index in [1.54, 1.807) is 0 Å². The van der Waals surface area contributed by atoms with Crippen LogP contribution in [0.15, 0.2) is 53.4 Å². The number of benzene rings is 2. The van der Waals surface area contributed by atoms with Gasteiger partial charge in [-0.05, 0) is 48.4 Å². The quantitative estimate of drug-likeness (QED) is 0.689. The maximum absolute atomic E-state index is 12.8. The highest BCUT2D eigenvalue weighted by Gasteiger charge is 2.44. The standard InChI is InChI=1S/C18H17ClF3NO4S/c19-12-5-7-13(8-6-12)28(26,27)23-16-14(9-15(24)17(16)25)10-1-3-11(4-2-10)18(20,21)22/h1-8,14-17,23-25H,9H2. The topological polar surface area (TPSA) is 86.6 Å². The highest BCUT2D eigenvalue weighted by Crippen LogP contribution is 2.37. The Morgan fingerprint density at radius 3 is 2.11 bits per heavy atom. The third-order valence-electron chi connectivity index (χ3n) is 4.77. The van der Waals surface area contributed by atoms with Crippen LogP contribution in [-0.2, 0) is 16.2 Å². The molecule has 4 unspecified atom stereocenters. The van der Waals surface area contributed by atoms with Crippen LogP contribution in [0.25, 0.3) is 0 Å². The van der Waals surface area contributed by atoms with E-state index in [4.69, 9.17) is 11.6 Å². The van der Waals surface area contributed by atoms with Crippen molar-refractivity contribution >= 4 is 21.6 Å². The lowest BCUT2D eigenvalue weighted by atomic mass is 9.93. The second-order valence-corrected chi connectivity index (χ2v) is 8.77. The minimum atomic E-state index is -4.50. The number of aliphatic hydroxyl groups excluding tert-OH is 2. The van der Waals surface area contributed by atoms with E-state index in [1.165, 1.54) is 36.4 Å². The van der Waals surface area contributed by atoms with E-state index in [2.05, 4.69) is 4.72 Å². The smallest absolute Gasteiger partial charge is 0.390 e. The van der Waals surface area contributed by atoms with E-state index in [0.29, 0.717) is 10.6 Å². The van der Waals surface area contributed by atoms with Gasteiger partial charge in [0.15, 0.2) is 0 Å². The Morgan fingerprint density at radius 2 is 1.57 bits per heavy atom. The van der Waals surface area contributed by atoms with Crippen LogP contribution < -0.4 is 4.72 Å². The predicted octanol–water partition coefficient (Wildman–Crippen LogP) is 2.92. The molecule has 0 bridgehead atoms. The molecule has 0 spiro atoms. The zero-order valence-corrected chi connectivity index (χ0v) is 15.8. The van der Waals surface area contributed by atoms with Gasteiger partial charge in [-0.2, -0.15) is 13.2 Å². The van der Waals surface area contributed by atoms with E-state index < -0.39 is 45.9 Å². The molecule has 5 nitrogen and oxygen atoms in total. The van der Waals surface area contributed by atoms with Crippen LogP contribution in [0.3, 0.4) is 0 Å². The molecule has 3 rings (SSSR count). The summed E-state index contributed by atoms with van der Waals surface area (Å²) in [7, 11) is -4.05. The van der Waals surface area contributed by atoms with Gasteiger partial charge in [-0.25, -0.2) is 13.1 Å². The predicted molar refractivity (Wildman–Crippen MR) is 96.4 cm³/mol. The Labute approximate surface area is 164 Å². The van der Waals surface area contributed by atoms with Crippen molar-refractivity contribution in [1.29, 1.82) is 0 Å². The SMILES string of the molecule is O=S(=O)(NC1C(c2ccc(C(F)(F)F)cc2)CC(O)C1O)c1ccc(Cl)cc1. The monoisotopic (exact) mass is 435 g/mol. The molecule has 1 aliphatic rings. The first-order valence-electron chi connectivity index (χ1n) is 8.30. The highest BCUT2D eigenvalue weighted by molar-refractivity contribution is 7.89. The zero-order chi connectivity index (χ0) is 20.7. The third kappa shape index (κ3) is 4.33. The molecule has 2 aromatic carbocycles. The molecule has 1 fully saturated rings. The summed E-state index contributed by atoms with van der Waals surface area (Å²) >= 11 is 5.75. The summed E-state index contributed by atoms with van der Waals surface area (Å²) in [6, 6.07) is 8.48. The van der Waals surface area contributed by atoms with E-state index in [-0.39, 0.29) is 11.3 Å². The minimum absolute atomic E-state index is 0.000333. The normalized spacial score (nSPS) is 25.8. The molecule has 152 valence electrons. The lowest BCUT2D eigenvalue weighted by Gasteiger charge is -2.24. The molecule has 0 saturated heterocycles. The van der Waals surface area contributed by atoms with Gasteiger partial charge in [0.2, 0.25) is 10.0 Å². The molecule has 3 N–H and O–H groups in total. The molecular formula is C18H17ClF3NO4S. The van der Waals surface area contributed by atoms with Crippen molar-refractivity contribution in [2.75, 3.05) is 0 Å². The third-order valence-corrected chi connectivity index (χ3v) is 6.50. The minimum Gasteiger partial charge on any atom is -0.390 e. The highest BCUT2D eigenvalue weighted by atomic mass is 35.5. The molecule has 1 aliphatic carbocycles. The first kappa shape index (κ1) is 21.1. The molecule has 2 aromatic rings. The Bertz CT molecular complexity index is 933. The molecule has 0 amide bonds. The van der Waals surface area contributed by atoms with Gasteiger partial charge in [0, 0.05) is 10.9 Å². The number of rotatable bonds is 4. The molecular weight excluding hydrogens is 419 g/mol. The fourth-order valence-corrected chi connectivity index (χ4v) is 4.72. The van der Waals surface area contributed by atoms with E-state index in [0.717, 1.165) is 12.1 Å². The van der Waals surface area contributed by atoms with Gasteiger partial charge in [-0.15, -0.1) is 0 Å². The van der Waals surface area contributed by atoms with Gasteiger partial charge < -0.3 is 10.2 Å². The molecule has 1 saturated carbocycles. The summed E-state index contributed by atoms with van der Waals surface area (Å²) in [5.74, 6) is -0.700. The largest absolute Gasteiger partial charge is 0.416 e. The number of aliphatic hydroxyl groups is 2. The number of alkyl halides is 3. The van der Waals surface area contributed by atoms with E-state index in [9.17, 15) is 31.8 Å². The van der Waals surface area contributed by atoms with Crippen molar-refractivity contribution in [2.24, 2.45) is 0 Å². The van der Waals surface area contributed by atoms with Crippen LogP contribution in [0, 0.1) is 0 Å². The first-order chi connectivity index (χ1) is 13.0. The molecule has 0 aromatic heterocycles. The Morgan fingerprint density at radius 1 is 1.00 bits per heavy atom. The number of sulfonamides is 1. The van der Waals surface area contributed by atoms with Gasteiger partial charge in [0.1, 0.15) is 0 Å². The second kappa shape index (κ2) is 7.64. The maximum atomic E-state index is 12.8. The molecule has 4 atom stereocenters. The van der Waals surface area contributed by atoms with Crippen LogP contribution in [0.2, 0.25) is 5.02 Å². The summed E-state index contributed by atoms with van der Waals surface area (Å²) in [5, 5.41) is 20.6. The van der Waals surface area contributed by atoms with Gasteiger partial charge >= 0.3 is 6.18 Å². The van der Waals surface area contributed by atoms with Crippen LogP contribution >= 0.6 is 11.6 Å². The van der Waals surface area contributed by atoms with Crippen molar-refractivity contribution in [3.63, 3.8) is 0 Å². The van der Waals surface area contributed by atoms with Gasteiger partial charge in [0.05, 0.1) is 28.7 Å². The van der Waals surface area contributed by atoms with Gasteiger partial charge in [0.25, 0.3) is 0 Å². The lowest BCUT2D eigenvalue weighted by molar-refractivity contribution is -0.137.